The van der Waals surface area contributed by atoms with Gasteiger partial charge in [0, 0.05) is 76.4 Å². The van der Waals surface area contributed by atoms with Gasteiger partial charge >= 0.3 is 12.1 Å². The number of hydrogen-bond acceptors (Lipinski definition) is 7. The fraction of sp³-hybridized carbons (Fsp3) is 0.625. The van der Waals surface area contributed by atoms with E-state index in [1.807, 2.05) is 30.6 Å². The zero-order valence-electron chi connectivity index (χ0n) is 32.3. The van der Waals surface area contributed by atoms with Gasteiger partial charge in [-0.15, -0.1) is 0 Å². The first kappa shape index (κ1) is 40.3. The molecule has 9 nitrogen and oxygen atoms in total. The number of esters is 1. The number of halogens is 4. The van der Waals surface area contributed by atoms with Crippen LogP contribution in [0.3, 0.4) is 0 Å². The normalized spacial score (nSPS) is 24.7. The Balaban J connectivity index is 1.50. The summed E-state index contributed by atoms with van der Waals surface area (Å²) in [4.78, 5) is 47.8. The molecule has 2 aromatic carbocycles. The number of nitrogens with zero attached hydrogens (tertiary/aromatic N) is 4. The molecule has 0 aliphatic carbocycles. The van der Waals surface area contributed by atoms with E-state index in [0.717, 1.165) is 12.1 Å². The molecule has 0 spiro atoms. The molecular weight excluding hydrogens is 692 g/mol. The minimum atomic E-state index is -4.63. The Labute approximate surface area is 310 Å². The first-order chi connectivity index (χ1) is 24.5. The van der Waals surface area contributed by atoms with Gasteiger partial charge in [-0.3, -0.25) is 19.3 Å². The number of piperidine rings is 1. The van der Waals surface area contributed by atoms with Crippen LogP contribution < -0.4 is 9.64 Å². The highest BCUT2D eigenvalue weighted by atomic mass is 19.4. The average molecular weight is 747 g/mol. The maximum absolute atomic E-state index is 17.7. The Morgan fingerprint density at radius 2 is 1.51 bits per heavy atom. The second-order valence-electron chi connectivity index (χ2n) is 17.0. The monoisotopic (exact) mass is 746 g/mol. The molecule has 3 saturated heterocycles. The van der Waals surface area contributed by atoms with E-state index in [-0.39, 0.29) is 38.1 Å². The van der Waals surface area contributed by atoms with Gasteiger partial charge in [0.15, 0.2) is 0 Å². The smallest absolute Gasteiger partial charge is 0.416 e. The van der Waals surface area contributed by atoms with Crippen LogP contribution in [0.15, 0.2) is 42.5 Å². The lowest BCUT2D eigenvalue weighted by Crippen LogP contribution is -2.51. The summed E-state index contributed by atoms with van der Waals surface area (Å²) < 4.78 is 71.1. The quantitative estimate of drug-likeness (QED) is 0.236. The van der Waals surface area contributed by atoms with Crippen molar-refractivity contribution >= 4 is 23.5 Å². The number of carbonyl (C=O) groups excluding carboxylic acids is 3. The topological polar surface area (TPSA) is 82.6 Å². The molecule has 0 saturated carbocycles. The van der Waals surface area contributed by atoms with Crippen molar-refractivity contribution in [3.63, 3.8) is 0 Å². The molecule has 4 atom stereocenters. The number of amides is 2. The van der Waals surface area contributed by atoms with Gasteiger partial charge in [-0.2, -0.15) is 13.2 Å². The molecule has 5 rings (SSSR count). The molecule has 13 heteroatoms. The second kappa shape index (κ2) is 14.8. The predicted molar refractivity (Wildman–Crippen MR) is 195 cm³/mol. The van der Waals surface area contributed by atoms with Gasteiger partial charge in [0.1, 0.15) is 11.4 Å². The first-order valence-electron chi connectivity index (χ1n) is 18.3. The lowest BCUT2D eigenvalue weighted by molar-refractivity contribution is -0.160. The fourth-order valence-electron chi connectivity index (χ4n) is 7.93. The molecule has 3 aliphatic heterocycles. The van der Waals surface area contributed by atoms with Crippen LogP contribution in [0.2, 0.25) is 0 Å². The van der Waals surface area contributed by atoms with Crippen molar-refractivity contribution < 1.29 is 41.4 Å². The first-order valence-corrected chi connectivity index (χ1v) is 18.3. The van der Waals surface area contributed by atoms with Crippen molar-refractivity contribution in [1.29, 1.82) is 0 Å². The molecule has 53 heavy (non-hydrogen) atoms. The Morgan fingerprint density at radius 1 is 0.887 bits per heavy atom. The largest absolute Gasteiger partial charge is 0.497 e. The highest BCUT2D eigenvalue weighted by molar-refractivity contribution is 5.90. The summed E-state index contributed by atoms with van der Waals surface area (Å²) in [6.45, 7) is 11.8. The van der Waals surface area contributed by atoms with Gasteiger partial charge < -0.3 is 24.2 Å². The summed E-state index contributed by atoms with van der Waals surface area (Å²) in [6.07, 6.45) is -3.88. The molecule has 3 aliphatic rings. The molecule has 3 heterocycles. The highest BCUT2D eigenvalue weighted by Crippen LogP contribution is 2.47. The predicted octanol–water partition coefficient (Wildman–Crippen LogP) is 6.51. The third-order valence-corrected chi connectivity index (χ3v) is 10.9. The van der Waals surface area contributed by atoms with E-state index in [1.165, 1.54) is 23.0 Å². The van der Waals surface area contributed by atoms with Crippen LogP contribution in [0.5, 0.6) is 5.75 Å². The van der Waals surface area contributed by atoms with Gasteiger partial charge in [-0.05, 0) is 89.8 Å². The average Bonchev–Trinajstić information content (AvgIpc) is 3.69. The van der Waals surface area contributed by atoms with Crippen molar-refractivity contribution in [1.82, 2.24) is 14.7 Å². The molecule has 2 aromatic rings. The molecule has 0 radical (unpaired) electrons. The van der Waals surface area contributed by atoms with Gasteiger partial charge in [0.25, 0.3) is 5.91 Å². The number of anilines is 1. The van der Waals surface area contributed by atoms with E-state index in [4.69, 9.17) is 9.47 Å². The van der Waals surface area contributed by atoms with Gasteiger partial charge in [-0.1, -0.05) is 18.2 Å². The minimum Gasteiger partial charge on any atom is -0.497 e. The van der Waals surface area contributed by atoms with Crippen molar-refractivity contribution in [2.45, 2.75) is 89.2 Å². The number of methoxy groups -OCH3 is 1. The molecule has 0 unspecified atom stereocenters. The maximum atomic E-state index is 17.7. The third-order valence-electron chi connectivity index (χ3n) is 10.9. The van der Waals surface area contributed by atoms with Crippen molar-refractivity contribution in [3.05, 3.63) is 59.2 Å². The van der Waals surface area contributed by atoms with Crippen molar-refractivity contribution in [2.24, 2.45) is 11.8 Å². The second-order valence-corrected chi connectivity index (χ2v) is 17.0. The summed E-state index contributed by atoms with van der Waals surface area (Å²) in [5.41, 5.74) is -2.87. The summed E-state index contributed by atoms with van der Waals surface area (Å²) in [6, 6.07) is 10.5. The lowest BCUT2D eigenvalue weighted by Gasteiger charge is -2.36. The summed E-state index contributed by atoms with van der Waals surface area (Å²) in [7, 11) is 4.72. The number of carbonyl (C=O) groups is 3. The third kappa shape index (κ3) is 8.60. The summed E-state index contributed by atoms with van der Waals surface area (Å²) in [5, 5.41) is 0. The van der Waals surface area contributed by atoms with Crippen LogP contribution in [-0.2, 0) is 25.3 Å². The number of likely N-dealkylation sites (tertiary alicyclic amines) is 2. The molecule has 0 bridgehead atoms. The van der Waals surface area contributed by atoms with Gasteiger partial charge in [-0.25, -0.2) is 4.39 Å². The van der Waals surface area contributed by atoms with Crippen LogP contribution in [0.1, 0.15) is 82.9 Å². The minimum absolute atomic E-state index is 0.0493. The van der Waals surface area contributed by atoms with E-state index in [2.05, 4.69) is 0 Å². The van der Waals surface area contributed by atoms with E-state index < -0.39 is 58.1 Å². The van der Waals surface area contributed by atoms with Crippen molar-refractivity contribution in [2.75, 3.05) is 65.4 Å². The number of hydrogen-bond donors (Lipinski definition) is 0. The van der Waals surface area contributed by atoms with Crippen LogP contribution in [0.25, 0.3) is 0 Å². The lowest BCUT2D eigenvalue weighted by atomic mass is 9.85. The Hall–Kier alpha value is -3.87. The summed E-state index contributed by atoms with van der Waals surface area (Å²) >= 11 is 0. The number of ether oxygens (including phenoxy) is 2. The number of alkyl halides is 4. The van der Waals surface area contributed by atoms with E-state index >= 15 is 4.39 Å². The standard InChI is InChI=1S/C40H54F4N4O5/c1-37(2,3)48-23-32(25-10-13-28(52-9)14-11-25)39(41,24-48)36(51)47-21-30(31(22-47)34(49)45(7)8)29-15-12-27(40(42,43)44)20-33(29)46-18-16-26(17-19-46)35(50)53-38(4,5)6/h10-15,20,26,30-32H,16-19,21-24H2,1-9H3/t30-,31+,32+,39+/m1/s1. The summed E-state index contributed by atoms with van der Waals surface area (Å²) in [5.74, 6) is -3.53. The molecule has 2 amide bonds. The number of rotatable bonds is 7. The Kier molecular flexibility index (Phi) is 11.2. The van der Waals surface area contributed by atoms with Crippen LogP contribution >= 0.6 is 0 Å². The van der Waals surface area contributed by atoms with E-state index in [9.17, 15) is 27.6 Å². The SMILES string of the molecule is COc1ccc([C@@H]2CN(C(C)(C)C)C[C@@]2(F)C(=O)N2C[C@H](C(=O)N(C)C)[C@@H](c3ccc(C(F)(F)F)cc3N3CCC(C(=O)OC(C)(C)C)CC3)C2)cc1. The molecule has 3 fully saturated rings. The maximum Gasteiger partial charge on any atom is 0.416 e. The zero-order chi connectivity index (χ0) is 39.3. The molecule has 292 valence electrons. The van der Waals surface area contributed by atoms with Gasteiger partial charge in [0.05, 0.1) is 24.5 Å². The molecule has 0 N–H and O–H groups in total. The van der Waals surface area contributed by atoms with E-state index in [1.54, 1.807) is 59.1 Å². The fourth-order valence-corrected chi connectivity index (χ4v) is 7.93. The van der Waals surface area contributed by atoms with Crippen LogP contribution in [0, 0.1) is 11.8 Å². The molecular formula is C40H54F4N4O5. The van der Waals surface area contributed by atoms with Crippen LogP contribution in [0.4, 0.5) is 23.2 Å². The van der Waals surface area contributed by atoms with Crippen LogP contribution in [-0.4, -0.2) is 110 Å². The Morgan fingerprint density at radius 3 is 2.04 bits per heavy atom. The Bertz CT molecular complexity index is 1660. The van der Waals surface area contributed by atoms with E-state index in [0.29, 0.717) is 48.5 Å². The molecule has 0 aromatic heterocycles. The highest BCUT2D eigenvalue weighted by Gasteiger charge is 2.58. The van der Waals surface area contributed by atoms with Crippen molar-refractivity contribution in [3.8, 4) is 5.75 Å². The van der Waals surface area contributed by atoms with Gasteiger partial charge in [0.2, 0.25) is 11.6 Å². The number of benzene rings is 2. The zero-order valence-corrected chi connectivity index (χ0v) is 32.3.